The highest BCUT2D eigenvalue weighted by molar-refractivity contribution is 5.59. The summed E-state index contributed by atoms with van der Waals surface area (Å²) in [5, 5.41) is 22.4. The molecule has 8 nitrogen and oxygen atoms in total. The fourth-order valence-electron chi connectivity index (χ4n) is 1.66. The quantitative estimate of drug-likeness (QED) is 0.660. The van der Waals surface area contributed by atoms with Gasteiger partial charge in [-0.05, 0) is 19.1 Å². The van der Waals surface area contributed by atoms with Crippen molar-refractivity contribution in [2.45, 2.75) is 6.92 Å². The van der Waals surface area contributed by atoms with Crippen LogP contribution >= 0.6 is 0 Å². The molecule has 0 aromatic carbocycles. The topological polar surface area (TPSA) is 113 Å². The van der Waals surface area contributed by atoms with E-state index in [2.05, 4.69) is 10.3 Å². The molecule has 0 aliphatic heterocycles. The Hall–Kier alpha value is -2.95. The number of hydrogen-bond donors (Lipinski definition) is 1. The first-order valence-electron chi connectivity index (χ1n) is 5.84. The van der Waals surface area contributed by atoms with Gasteiger partial charge in [0.1, 0.15) is 5.65 Å². The molecule has 20 heavy (non-hydrogen) atoms. The lowest BCUT2D eigenvalue weighted by Gasteiger charge is -2.08. The molecule has 0 aliphatic carbocycles. The van der Waals surface area contributed by atoms with Gasteiger partial charge in [-0.3, -0.25) is 19.3 Å². The summed E-state index contributed by atoms with van der Waals surface area (Å²) in [4.78, 5) is 26.4. The second kappa shape index (κ2) is 5.36. The van der Waals surface area contributed by atoms with Crippen LogP contribution < -0.4 is 10.9 Å². The lowest BCUT2D eigenvalue weighted by atomic mass is 10.2. The van der Waals surface area contributed by atoms with E-state index in [1.807, 2.05) is 6.07 Å². The van der Waals surface area contributed by atoms with E-state index < -0.39 is 16.2 Å². The average molecular weight is 273 g/mol. The maximum Gasteiger partial charge on any atom is 0.376 e. The highest BCUT2D eigenvalue weighted by Gasteiger charge is 2.23. The molecule has 0 fully saturated rings. The summed E-state index contributed by atoms with van der Waals surface area (Å²) in [5.41, 5.74) is -1.08. The Morgan fingerprint density at radius 1 is 1.60 bits per heavy atom. The van der Waals surface area contributed by atoms with Crippen LogP contribution in [0.1, 0.15) is 6.92 Å². The van der Waals surface area contributed by atoms with Crippen molar-refractivity contribution >= 4 is 17.2 Å². The molecular formula is C12H11N5O3. The molecule has 2 aromatic heterocycles. The molecule has 0 radical (unpaired) electrons. The molecule has 0 spiro atoms. The van der Waals surface area contributed by atoms with Crippen molar-refractivity contribution in [1.29, 1.82) is 5.26 Å². The van der Waals surface area contributed by atoms with Crippen LogP contribution in [0.4, 0.5) is 11.5 Å². The van der Waals surface area contributed by atoms with E-state index in [-0.39, 0.29) is 18.3 Å². The number of aromatic nitrogens is 2. The summed E-state index contributed by atoms with van der Waals surface area (Å²) in [6.07, 6.45) is 1.42. The number of nitrogens with zero attached hydrogens (tertiary/aromatic N) is 4. The minimum atomic E-state index is -0.770. The van der Waals surface area contributed by atoms with Gasteiger partial charge in [-0.25, -0.2) is 4.98 Å². The van der Waals surface area contributed by atoms with Gasteiger partial charge in [0.25, 0.3) is 0 Å². The zero-order chi connectivity index (χ0) is 14.7. The number of nitriles is 1. The largest absolute Gasteiger partial charge is 0.376 e. The number of pyridine rings is 1. The predicted molar refractivity (Wildman–Crippen MR) is 71.4 cm³/mol. The molecule has 2 rings (SSSR count). The van der Waals surface area contributed by atoms with Crippen LogP contribution in [0.25, 0.3) is 5.65 Å². The average Bonchev–Trinajstić information content (AvgIpc) is 2.44. The van der Waals surface area contributed by atoms with Crippen molar-refractivity contribution in [3.05, 3.63) is 44.9 Å². The molecule has 1 atom stereocenters. The Labute approximate surface area is 113 Å². The van der Waals surface area contributed by atoms with E-state index in [9.17, 15) is 14.9 Å². The van der Waals surface area contributed by atoms with Gasteiger partial charge in [0.15, 0.2) is 0 Å². The smallest absolute Gasteiger partial charge is 0.363 e. The van der Waals surface area contributed by atoms with Crippen LogP contribution in [-0.2, 0) is 0 Å². The maximum atomic E-state index is 12.1. The number of nitrogens with one attached hydrogen (secondary N) is 1. The highest BCUT2D eigenvalue weighted by Crippen LogP contribution is 2.18. The molecule has 1 N–H and O–H groups in total. The van der Waals surface area contributed by atoms with Crippen molar-refractivity contribution in [1.82, 2.24) is 9.38 Å². The minimum Gasteiger partial charge on any atom is -0.363 e. The van der Waals surface area contributed by atoms with Gasteiger partial charge in [-0.2, -0.15) is 5.26 Å². The van der Waals surface area contributed by atoms with Gasteiger partial charge in [-0.1, -0.05) is 6.07 Å². The second-order valence-corrected chi connectivity index (χ2v) is 4.21. The van der Waals surface area contributed by atoms with E-state index in [0.29, 0.717) is 5.65 Å². The third kappa shape index (κ3) is 2.42. The Balaban J connectivity index is 2.58. The van der Waals surface area contributed by atoms with Gasteiger partial charge >= 0.3 is 11.2 Å². The number of nitro groups is 1. The summed E-state index contributed by atoms with van der Waals surface area (Å²) < 4.78 is 1.11. The number of hydrogen-bond acceptors (Lipinski definition) is 6. The summed E-state index contributed by atoms with van der Waals surface area (Å²) >= 11 is 0. The normalized spacial score (nSPS) is 11.8. The van der Waals surface area contributed by atoms with Gasteiger partial charge in [-0.15, -0.1) is 0 Å². The van der Waals surface area contributed by atoms with Crippen LogP contribution in [0, 0.1) is 27.4 Å². The van der Waals surface area contributed by atoms with Gasteiger partial charge < -0.3 is 5.32 Å². The second-order valence-electron chi connectivity index (χ2n) is 4.21. The maximum absolute atomic E-state index is 12.1. The predicted octanol–water partition coefficient (Wildman–Crippen LogP) is 1.17. The highest BCUT2D eigenvalue weighted by atomic mass is 16.6. The zero-order valence-electron chi connectivity index (χ0n) is 10.6. The first kappa shape index (κ1) is 13.5. The summed E-state index contributed by atoms with van der Waals surface area (Å²) in [5.74, 6) is -0.473. The molecule has 102 valence electrons. The Morgan fingerprint density at radius 3 is 3.00 bits per heavy atom. The SMILES string of the molecule is C[C@H](C#N)CNc1nc2ccccn2c(=O)c1[N+](=O)[O-]. The summed E-state index contributed by atoms with van der Waals surface area (Å²) in [7, 11) is 0. The first-order valence-corrected chi connectivity index (χ1v) is 5.84. The van der Waals surface area contributed by atoms with E-state index in [4.69, 9.17) is 5.26 Å². The molecular weight excluding hydrogens is 262 g/mol. The standard InChI is InChI=1S/C12H11N5O3/c1-8(6-13)7-14-11-10(17(19)20)12(18)16-5-3-2-4-9(16)15-11/h2-5,8,14H,7H2,1H3/t8-/m1/s1. The van der Waals surface area contributed by atoms with Crippen molar-refractivity contribution in [3.8, 4) is 6.07 Å². The van der Waals surface area contributed by atoms with Crippen LogP contribution in [0.15, 0.2) is 29.2 Å². The Kier molecular flexibility index (Phi) is 3.61. The fraction of sp³-hybridized carbons (Fsp3) is 0.250. The van der Waals surface area contributed by atoms with E-state index >= 15 is 0 Å². The molecule has 2 aromatic rings. The first-order chi connectivity index (χ1) is 9.54. The monoisotopic (exact) mass is 273 g/mol. The van der Waals surface area contributed by atoms with E-state index in [1.165, 1.54) is 6.20 Å². The van der Waals surface area contributed by atoms with Crippen LogP contribution in [0.3, 0.4) is 0 Å². The molecule has 0 unspecified atom stereocenters. The van der Waals surface area contributed by atoms with E-state index in [1.54, 1.807) is 25.1 Å². The molecule has 0 aliphatic rings. The molecule has 0 amide bonds. The van der Waals surface area contributed by atoms with Crippen molar-refractivity contribution in [2.24, 2.45) is 5.92 Å². The van der Waals surface area contributed by atoms with Gasteiger partial charge in [0, 0.05) is 12.7 Å². The number of rotatable bonds is 4. The van der Waals surface area contributed by atoms with Crippen LogP contribution in [0.2, 0.25) is 0 Å². The van der Waals surface area contributed by atoms with Gasteiger partial charge in [0.05, 0.1) is 16.9 Å². The third-order valence-electron chi connectivity index (χ3n) is 2.69. The third-order valence-corrected chi connectivity index (χ3v) is 2.69. The lowest BCUT2D eigenvalue weighted by Crippen LogP contribution is -2.22. The summed E-state index contributed by atoms with van der Waals surface area (Å²) in [6, 6.07) is 6.83. The minimum absolute atomic E-state index is 0.117. The fourth-order valence-corrected chi connectivity index (χ4v) is 1.66. The van der Waals surface area contributed by atoms with Crippen molar-refractivity contribution in [2.75, 3.05) is 11.9 Å². The van der Waals surface area contributed by atoms with Crippen molar-refractivity contribution in [3.63, 3.8) is 0 Å². The van der Waals surface area contributed by atoms with E-state index in [0.717, 1.165) is 4.40 Å². The number of fused-ring (bicyclic) bond motifs is 1. The molecule has 0 saturated carbocycles. The zero-order valence-corrected chi connectivity index (χ0v) is 10.6. The Bertz CT molecular complexity index is 762. The van der Waals surface area contributed by atoms with Gasteiger partial charge in [0.2, 0.25) is 5.82 Å². The lowest BCUT2D eigenvalue weighted by molar-refractivity contribution is -0.385. The Morgan fingerprint density at radius 2 is 2.35 bits per heavy atom. The number of anilines is 1. The van der Waals surface area contributed by atoms with Crippen LogP contribution in [0.5, 0.6) is 0 Å². The molecule has 0 saturated heterocycles. The molecule has 2 heterocycles. The molecule has 0 bridgehead atoms. The van der Waals surface area contributed by atoms with Crippen LogP contribution in [-0.4, -0.2) is 20.9 Å². The molecule has 8 heteroatoms. The summed E-state index contributed by atoms with van der Waals surface area (Å²) in [6.45, 7) is 1.83. The van der Waals surface area contributed by atoms with Crippen molar-refractivity contribution < 1.29 is 4.92 Å².